The van der Waals surface area contributed by atoms with E-state index >= 15 is 0 Å². The summed E-state index contributed by atoms with van der Waals surface area (Å²) in [6.07, 6.45) is 6.60. The van der Waals surface area contributed by atoms with E-state index in [1.54, 1.807) is 0 Å². The van der Waals surface area contributed by atoms with E-state index in [1.165, 1.54) is 0 Å². The predicted molar refractivity (Wildman–Crippen MR) is 110 cm³/mol. The van der Waals surface area contributed by atoms with Crippen molar-refractivity contribution >= 4 is 5.97 Å². The van der Waals surface area contributed by atoms with Crippen LogP contribution in [0.1, 0.15) is 78.6 Å². The van der Waals surface area contributed by atoms with E-state index in [0.717, 1.165) is 51.4 Å². The molecular formula is C24H40O5. The van der Waals surface area contributed by atoms with E-state index in [4.69, 9.17) is 5.11 Å². The third-order valence-corrected chi connectivity index (χ3v) is 10.3. The fourth-order valence-corrected chi connectivity index (χ4v) is 8.79. The van der Waals surface area contributed by atoms with Crippen LogP contribution in [-0.4, -0.2) is 44.7 Å². The molecule has 4 aliphatic carbocycles. The fourth-order valence-electron chi connectivity index (χ4n) is 8.79. The summed E-state index contributed by atoms with van der Waals surface area (Å²) in [6, 6.07) is 0. The van der Waals surface area contributed by atoms with Crippen LogP contribution in [-0.2, 0) is 4.79 Å². The van der Waals surface area contributed by atoms with Gasteiger partial charge in [-0.3, -0.25) is 0 Å². The highest BCUT2D eigenvalue weighted by Gasteiger charge is 2.62. The number of aliphatic hydroxyl groups excluding tert-OH is 3. The zero-order valence-corrected chi connectivity index (χ0v) is 18.3. The third-order valence-electron chi connectivity index (χ3n) is 10.3. The number of carbonyl (C=O) groups is 1. The van der Waals surface area contributed by atoms with Gasteiger partial charge >= 0.3 is 5.97 Å². The van der Waals surface area contributed by atoms with Gasteiger partial charge in [-0.05, 0) is 104 Å². The van der Waals surface area contributed by atoms with Gasteiger partial charge < -0.3 is 20.4 Å². The average Bonchev–Trinajstić information content (AvgIpc) is 3.00. The fraction of sp³-hybridized carbons (Fsp3) is 0.958. The molecule has 0 radical (unpaired) electrons. The maximum Gasteiger partial charge on any atom is 0.332 e. The summed E-state index contributed by atoms with van der Waals surface area (Å²) in [7, 11) is 0. The quantitative estimate of drug-likeness (QED) is 0.571. The van der Waals surface area contributed by atoms with Gasteiger partial charge in [-0.15, -0.1) is 0 Å². The number of hydrogen-bond acceptors (Lipinski definition) is 4. The molecule has 5 heteroatoms. The summed E-state index contributed by atoms with van der Waals surface area (Å²) < 4.78 is 0. The summed E-state index contributed by atoms with van der Waals surface area (Å²) in [5, 5.41) is 40.5. The standard InChI is InChI=1S/C24H40O5/c1-13(10-20(27)22(28)29)16-4-5-17-21-18(7-9-24(16,17)3)23(2)8-6-15(25)11-14(23)12-19(21)26/h13-21,25-27H,4-12H2,1-3H3,(H,28,29)/t13-,14+,15-,16-,17?,18?,19-,20?,21?,23+,24-/m1/s1. The normalized spacial score (nSPS) is 51.4. The van der Waals surface area contributed by atoms with Gasteiger partial charge in [0.25, 0.3) is 0 Å². The lowest BCUT2D eigenvalue weighted by molar-refractivity contribution is -0.174. The van der Waals surface area contributed by atoms with Crippen LogP contribution >= 0.6 is 0 Å². The molecule has 0 aliphatic heterocycles. The highest BCUT2D eigenvalue weighted by molar-refractivity contribution is 5.71. The first-order valence-electron chi connectivity index (χ1n) is 11.8. The molecule has 4 unspecified atom stereocenters. The number of carboxylic acids is 1. The Labute approximate surface area is 174 Å². The monoisotopic (exact) mass is 408 g/mol. The van der Waals surface area contributed by atoms with Gasteiger partial charge in [0.1, 0.15) is 0 Å². The van der Waals surface area contributed by atoms with Gasteiger partial charge in [0.05, 0.1) is 12.2 Å². The molecule has 0 aromatic heterocycles. The van der Waals surface area contributed by atoms with E-state index in [0.29, 0.717) is 36.0 Å². The van der Waals surface area contributed by atoms with Crippen molar-refractivity contribution in [1.29, 1.82) is 0 Å². The van der Waals surface area contributed by atoms with Crippen LogP contribution in [0.4, 0.5) is 0 Å². The molecule has 4 fully saturated rings. The maximum atomic E-state index is 11.2. The van der Waals surface area contributed by atoms with Crippen molar-refractivity contribution in [1.82, 2.24) is 0 Å². The van der Waals surface area contributed by atoms with Crippen LogP contribution in [0.15, 0.2) is 0 Å². The second-order valence-corrected chi connectivity index (χ2v) is 11.5. The van der Waals surface area contributed by atoms with Crippen molar-refractivity contribution < 1.29 is 25.2 Å². The number of rotatable bonds is 4. The first-order valence-corrected chi connectivity index (χ1v) is 11.8. The number of aliphatic hydroxyl groups is 3. The summed E-state index contributed by atoms with van der Waals surface area (Å²) in [4.78, 5) is 11.1. The Morgan fingerprint density at radius 2 is 1.66 bits per heavy atom. The molecule has 0 aromatic rings. The van der Waals surface area contributed by atoms with E-state index < -0.39 is 12.1 Å². The smallest absolute Gasteiger partial charge is 0.332 e. The van der Waals surface area contributed by atoms with Crippen LogP contribution < -0.4 is 0 Å². The number of fused-ring (bicyclic) bond motifs is 5. The Morgan fingerprint density at radius 1 is 1.00 bits per heavy atom. The van der Waals surface area contributed by atoms with Crippen LogP contribution in [0.3, 0.4) is 0 Å². The minimum Gasteiger partial charge on any atom is -0.479 e. The number of hydrogen-bond donors (Lipinski definition) is 4. The number of carboxylic acid groups (broad SMARTS) is 1. The Balaban J connectivity index is 1.56. The lowest BCUT2D eigenvalue weighted by Gasteiger charge is -2.62. The molecule has 0 bridgehead atoms. The molecule has 0 heterocycles. The van der Waals surface area contributed by atoms with Gasteiger partial charge in [0, 0.05) is 0 Å². The summed E-state index contributed by atoms with van der Waals surface area (Å²) in [6.45, 7) is 6.91. The SMILES string of the molecule is C[C@H](CC(O)C(=O)O)[C@H]1CCC2C3C(CC[C@@]21C)[C@@]1(C)CC[C@@H](O)C[C@H]1C[C@H]3O. The van der Waals surface area contributed by atoms with Crippen LogP contribution in [0.25, 0.3) is 0 Å². The molecule has 0 amide bonds. The predicted octanol–water partition coefficient (Wildman–Crippen LogP) is 3.45. The van der Waals surface area contributed by atoms with Crippen molar-refractivity contribution in [2.45, 2.75) is 96.9 Å². The first-order chi connectivity index (χ1) is 13.6. The molecule has 4 saturated carbocycles. The van der Waals surface area contributed by atoms with Crippen LogP contribution in [0.5, 0.6) is 0 Å². The minimum absolute atomic E-state index is 0.122. The van der Waals surface area contributed by atoms with Crippen LogP contribution in [0, 0.1) is 46.3 Å². The molecule has 0 saturated heterocycles. The van der Waals surface area contributed by atoms with Crippen LogP contribution in [0.2, 0.25) is 0 Å². The molecule has 4 aliphatic rings. The lowest BCUT2D eigenvalue weighted by atomic mass is 9.43. The minimum atomic E-state index is -1.28. The third kappa shape index (κ3) is 3.36. The van der Waals surface area contributed by atoms with Gasteiger partial charge in [0.2, 0.25) is 0 Å². The van der Waals surface area contributed by atoms with Gasteiger partial charge in [0.15, 0.2) is 6.10 Å². The highest BCUT2D eigenvalue weighted by Crippen LogP contribution is 2.68. The Morgan fingerprint density at radius 3 is 2.34 bits per heavy atom. The second kappa shape index (κ2) is 7.49. The molecule has 166 valence electrons. The zero-order valence-electron chi connectivity index (χ0n) is 18.3. The van der Waals surface area contributed by atoms with Crippen molar-refractivity contribution in [3.05, 3.63) is 0 Å². The molecule has 5 nitrogen and oxygen atoms in total. The Hall–Kier alpha value is -0.650. The topological polar surface area (TPSA) is 98.0 Å². The van der Waals surface area contributed by atoms with Crippen molar-refractivity contribution in [2.75, 3.05) is 0 Å². The van der Waals surface area contributed by atoms with Crippen molar-refractivity contribution in [3.8, 4) is 0 Å². The van der Waals surface area contributed by atoms with Gasteiger partial charge in [-0.1, -0.05) is 20.8 Å². The van der Waals surface area contributed by atoms with Gasteiger partial charge in [-0.2, -0.15) is 0 Å². The van der Waals surface area contributed by atoms with Crippen molar-refractivity contribution in [2.24, 2.45) is 46.3 Å². The molecular weight excluding hydrogens is 368 g/mol. The molecule has 29 heavy (non-hydrogen) atoms. The highest BCUT2D eigenvalue weighted by atomic mass is 16.4. The molecule has 0 spiro atoms. The van der Waals surface area contributed by atoms with E-state index in [-0.39, 0.29) is 29.0 Å². The van der Waals surface area contributed by atoms with E-state index in [2.05, 4.69) is 20.8 Å². The number of aliphatic carboxylic acids is 1. The summed E-state index contributed by atoms with van der Waals surface area (Å²) >= 11 is 0. The largest absolute Gasteiger partial charge is 0.479 e. The molecule has 4 N–H and O–H groups in total. The maximum absolute atomic E-state index is 11.2. The molecule has 11 atom stereocenters. The van der Waals surface area contributed by atoms with Crippen molar-refractivity contribution in [3.63, 3.8) is 0 Å². The first kappa shape index (κ1) is 21.6. The lowest BCUT2D eigenvalue weighted by Crippen LogP contribution is -2.58. The summed E-state index contributed by atoms with van der Waals surface area (Å²) in [5.74, 6) is 1.22. The van der Waals surface area contributed by atoms with Gasteiger partial charge in [-0.25, -0.2) is 4.79 Å². The Kier molecular flexibility index (Phi) is 5.57. The van der Waals surface area contributed by atoms with E-state index in [9.17, 15) is 20.1 Å². The second-order valence-electron chi connectivity index (χ2n) is 11.5. The average molecular weight is 409 g/mol. The zero-order chi connectivity index (χ0) is 21.1. The molecule has 4 rings (SSSR count). The molecule has 0 aromatic carbocycles. The Bertz CT molecular complexity index is 637. The summed E-state index contributed by atoms with van der Waals surface area (Å²) in [5.41, 5.74) is 0.352. The van der Waals surface area contributed by atoms with E-state index in [1.807, 2.05) is 0 Å².